The first-order valence-electron chi connectivity index (χ1n) is 5.43. The lowest BCUT2D eigenvalue weighted by molar-refractivity contribution is 0.634. The van der Waals surface area contributed by atoms with Gasteiger partial charge in [0.05, 0.1) is 0 Å². The zero-order valence-corrected chi connectivity index (χ0v) is 10.1. The first kappa shape index (κ1) is 12.0. The number of nitrogens with two attached hydrogens (primary N) is 1. The maximum atomic E-state index is 5.77. The highest BCUT2D eigenvalue weighted by Gasteiger charge is 2.05. The Kier molecular flexibility index (Phi) is 4.09. The monoisotopic (exact) mass is 207 g/mol. The van der Waals surface area contributed by atoms with Crippen LogP contribution in [0.1, 0.15) is 32.4 Å². The second-order valence-corrected chi connectivity index (χ2v) is 4.51. The van der Waals surface area contributed by atoms with Crippen molar-refractivity contribution >= 4 is 5.82 Å². The molecule has 0 bridgehead atoms. The molecule has 3 heteroatoms. The van der Waals surface area contributed by atoms with Crippen LogP contribution in [0.2, 0.25) is 0 Å². The van der Waals surface area contributed by atoms with Gasteiger partial charge in [0, 0.05) is 25.8 Å². The smallest absolute Gasteiger partial charge is 0.128 e. The lowest BCUT2D eigenvalue weighted by atomic mass is 10.1. The van der Waals surface area contributed by atoms with Crippen LogP contribution in [0.15, 0.2) is 18.3 Å². The summed E-state index contributed by atoms with van der Waals surface area (Å²) < 4.78 is 0. The SMILES string of the molecule is CC(C)CN(C)c1ccc([C@@H](C)N)cn1. The second-order valence-electron chi connectivity index (χ2n) is 4.51. The van der Waals surface area contributed by atoms with Gasteiger partial charge in [-0.05, 0) is 24.5 Å². The predicted octanol–water partition coefficient (Wildman–Crippen LogP) is 2.19. The maximum Gasteiger partial charge on any atom is 0.128 e. The molecule has 2 N–H and O–H groups in total. The van der Waals surface area contributed by atoms with E-state index in [4.69, 9.17) is 5.73 Å². The summed E-state index contributed by atoms with van der Waals surface area (Å²) in [5, 5.41) is 0. The van der Waals surface area contributed by atoms with Gasteiger partial charge in [-0.25, -0.2) is 4.98 Å². The van der Waals surface area contributed by atoms with E-state index in [2.05, 4.69) is 30.8 Å². The summed E-state index contributed by atoms with van der Waals surface area (Å²) in [6.07, 6.45) is 1.86. The molecular weight excluding hydrogens is 186 g/mol. The third-order valence-electron chi connectivity index (χ3n) is 2.33. The molecule has 0 saturated carbocycles. The van der Waals surface area contributed by atoms with Gasteiger partial charge >= 0.3 is 0 Å². The minimum Gasteiger partial charge on any atom is -0.359 e. The molecule has 0 amide bonds. The lowest BCUT2D eigenvalue weighted by Crippen LogP contribution is -2.23. The molecule has 84 valence electrons. The van der Waals surface area contributed by atoms with Crippen molar-refractivity contribution in [1.29, 1.82) is 0 Å². The number of nitrogens with zero attached hydrogens (tertiary/aromatic N) is 2. The van der Waals surface area contributed by atoms with Gasteiger partial charge in [-0.2, -0.15) is 0 Å². The topological polar surface area (TPSA) is 42.1 Å². The second kappa shape index (κ2) is 5.12. The molecule has 1 rings (SSSR count). The molecule has 15 heavy (non-hydrogen) atoms. The minimum atomic E-state index is 0.0574. The third kappa shape index (κ3) is 3.51. The highest BCUT2D eigenvalue weighted by atomic mass is 15.2. The number of rotatable bonds is 4. The Bertz CT molecular complexity index is 290. The largest absolute Gasteiger partial charge is 0.359 e. The van der Waals surface area contributed by atoms with Gasteiger partial charge in [0.15, 0.2) is 0 Å². The standard InChI is InChI=1S/C12H21N3/c1-9(2)8-15(4)12-6-5-11(7-14-12)10(3)13/h5-7,9-10H,8,13H2,1-4H3/t10-/m1/s1. The summed E-state index contributed by atoms with van der Waals surface area (Å²) in [7, 11) is 2.06. The van der Waals surface area contributed by atoms with Crippen LogP contribution in [0.5, 0.6) is 0 Å². The van der Waals surface area contributed by atoms with E-state index < -0.39 is 0 Å². The average Bonchev–Trinajstić information content (AvgIpc) is 2.17. The van der Waals surface area contributed by atoms with Crippen molar-refractivity contribution in [2.45, 2.75) is 26.8 Å². The summed E-state index contributed by atoms with van der Waals surface area (Å²) in [5.74, 6) is 1.65. The molecule has 0 fully saturated rings. The number of pyridine rings is 1. The average molecular weight is 207 g/mol. The van der Waals surface area contributed by atoms with Crippen LogP contribution in [0, 0.1) is 5.92 Å². The van der Waals surface area contributed by atoms with Crippen LogP contribution in [-0.4, -0.2) is 18.6 Å². The Labute approximate surface area is 92.3 Å². The molecule has 0 aliphatic rings. The van der Waals surface area contributed by atoms with E-state index in [9.17, 15) is 0 Å². The highest BCUT2D eigenvalue weighted by molar-refractivity contribution is 5.38. The fourth-order valence-electron chi connectivity index (χ4n) is 1.53. The summed E-state index contributed by atoms with van der Waals surface area (Å²) in [4.78, 5) is 6.56. The third-order valence-corrected chi connectivity index (χ3v) is 2.33. The van der Waals surface area contributed by atoms with Crippen molar-refractivity contribution in [2.24, 2.45) is 11.7 Å². The van der Waals surface area contributed by atoms with Crippen LogP contribution in [0.3, 0.4) is 0 Å². The zero-order valence-electron chi connectivity index (χ0n) is 10.1. The Hall–Kier alpha value is -1.09. The van der Waals surface area contributed by atoms with Gasteiger partial charge in [-0.15, -0.1) is 0 Å². The van der Waals surface area contributed by atoms with E-state index in [1.165, 1.54) is 0 Å². The van der Waals surface area contributed by atoms with Crippen molar-refractivity contribution < 1.29 is 0 Å². The van der Waals surface area contributed by atoms with Gasteiger partial charge in [0.25, 0.3) is 0 Å². The summed E-state index contributed by atoms with van der Waals surface area (Å²) in [5.41, 5.74) is 6.85. The van der Waals surface area contributed by atoms with Gasteiger partial charge in [0.2, 0.25) is 0 Å². The minimum absolute atomic E-state index is 0.0574. The van der Waals surface area contributed by atoms with Crippen molar-refractivity contribution in [3.05, 3.63) is 23.9 Å². The van der Waals surface area contributed by atoms with Gasteiger partial charge < -0.3 is 10.6 Å². The molecule has 0 spiro atoms. The first-order valence-corrected chi connectivity index (χ1v) is 5.43. The van der Waals surface area contributed by atoms with Crippen molar-refractivity contribution in [3.63, 3.8) is 0 Å². The van der Waals surface area contributed by atoms with E-state index >= 15 is 0 Å². The summed E-state index contributed by atoms with van der Waals surface area (Å²) in [6.45, 7) is 7.39. The number of aromatic nitrogens is 1. The number of hydrogen-bond acceptors (Lipinski definition) is 3. The number of anilines is 1. The fraction of sp³-hybridized carbons (Fsp3) is 0.583. The molecule has 0 radical (unpaired) electrons. The molecule has 1 aromatic rings. The van der Waals surface area contributed by atoms with E-state index in [1.807, 2.05) is 25.3 Å². The van der Waals surface area contributed by atoms with Crippen LogP contribution in [0.4, 0.5) is 5.82 Å². The molecule has 0 saturated heterocycles. The lowest BCUT2D eigenvalue weighted by Gasteiger charge is -2.20. The van der Waals surface area contributed by atoms with E-state index in [1.54, 1.807) is 0 Å². The quantitative estimate of drug-likeness (QED) is 0.823. The Morgan fingerprint density at radius 2 is 2.00 bits per heavy atom. The Morgan fingerprint density at radius 3 is 2.40 bits per heavy atom. The molecule has 0 aromatic carbocycles. The first-order chi connectivity index (χ1) is 7.00. The summed E-state index contributed by atoms with van der Waals surface area (Å²) in [6, 6.07) is 4.13. The zero-order chi connectivity index (χ0) is 11.4. The van der Waals surface area contributed by atoms with E-state index in [0.717, 1.165) is 17.9 Å². The van der Waals surface area contributed by atoms with Crippen LogP contribution in [0.25, 0.3) is 0 Å². The Balaban J connectivity index is 2.71. The van der Waals surface area contributed by atoms with Gasteiger partial charge in [-0.3, -0.25) is 0 Å². The van der Waals surface area contributed by atoms with Crippen LogP contribution < -0.4 is 10.6 Å². The molecular formula is C12H21N3. The van der Waals surface area contributed by atoms with E-state index in [0.29, 0.717) is 5.92 Å². The summed E-state index contributed by atoms with van der Waals surface area (Å²) >= 11 is 0. The molecule has 1 heterocycles. The van der Waals surface area contributed by atoms with Crippen LogP contribution in [-0.2, 0) is 0 Å². The predicted molar refractivity (Wildman–Crippen MR) is 64.9 cm³/mol. The van der Waals surface area contributed by atoms with E-state index in [-0.39, 0.29) is 6.04 Å². The number of hydrogen-bond donors (Lipinski definition) is 1. The highest BCUT2D eigenvalue weighted by Crippen LogP contribution is 2.14. The van der Waals surface area contributed by atoms with Crippen molar-refractivity contribution in [1.82, 2.24) is 4.98 Å². The fourth-order valence-corrected chi connectivity index (χ4v) is 1.53. The van der Waals surface area contributed by atoms with Gasteiger partial charge in [-0.1, -0.05) is 19.9 Å². The molecule has 0 unspecified atom stereocenters. The van der Waals surface area contributed by atoms with Crippen molar-refractivity contribution in [3.8, 4) is 0 Å². The van der Waals surface area contributed by atoms with Gasteiger partial charge in [0.1, 0.15) is 5.82 Å². The Morgan fingerprint density at radius 1 is 1.33 bits per heavy atom. The van der Waals surface area contributed by atoms with Crippen molar-refractivity contribution in [2.75, 3.05) is 18.5 Å². The van der Waals surface area contributed by atoms with Crippen LogP contribution >= 0.6 is 0 Å². The maximum absolute atomic E-state index is 5.77. The molecule has 0 aliphatic heterocycles. The molecule has 1 atom stereocenters. The molecule has 1 aromatic heterocycles. The molecule has 0 aliphatic carbocycles. The molecule has 3 nitrogen and oxygen atoms in total. The normalized spacial score (nSPS) is 12.9.